The highest BCUT2D eigenvalue weighted by Crippen LogP contribution is 2.35. The number of carbonyl (C=O) groups excluding carboxylic acids is 5. The van der Waals surface area contributed by atoms with Crippen molar-refractivity contribution >= 4 is 84.0 Å². The van der Waals surface area contributed by atoms with Gasteiger partial charge in [-0.3, -0.25) is 38.9 Å². The Morgan fingerprint density at radius 3 is 2.40 bits per heavy atom. The van der Waals surface area contributed by atoms with Crippen molar-refractivity contribution in [2.24, 2.45) is 0 Å². The fourth-order valence-corrected chi connectivity index (χ4v) is 10.8. The third-order valence-electron chi connectivity index (χ3n) is 11.6. The van der Waals surface area contributed by atoms with Crippen LogP contribution >= 0.6 is 21.6 Å². The molecule has 5 heterocycles. The smallest absolute Gasteiger partial charge is 0.480 e. The van der Waals surface area contributed by atoms with Crippen molar-refractivity contribution in [2.75, 3.05) is 43.0 Å². The maximum absolute atomic E-state index is 14.3. The minimum absolute atomic E-state index is 0.0457. The molecule has 80 heavy (non-hydrogen) atoms. The van der Waals surface area contributed by atoms with E-state index in [4.69, 9.17) is 19.5 Å². The second kappa shape index (κ2) is 26.8. The second-order valence-corrected chi connectivity index (χ2v) is 21.5. The number of nitrogens with zero attached hydrogens (tertiary/aromatic N) is 6. The first-order chi connectivity index (χ1) is 38.2. The van der Waals surface area contributed by atoms with Gasteiger partial charge in [-0.05, 0) is 66.2 Å². The predicted octanol–water partition coefficient (Wildman–Crippen LogP) is 6.03. The third-order valence-corrected chi connectivity index (χ3v) is 15.4. The van der Waals surface area contributed by atoms with E-state index in [0.29, 0.717) is 44.4 Å². The molecule has 22 nitrogen and oxygen atoms in total. The summed E-state index contributed by atoms with van der Waals surface area (Å²) in [6.45, 7) is -2.03. The Hall–Kier alpha value is -8.62. The number of nitrogens with one attached hydrogen (secondary N) is 4. The zero-order chi connectivity index (χ0) is 57.6. The maximum Gasteiger partial charge on any atom is 0.508 e. The summed E-state index contributed by atoms with van der Waals surface area (Å²) in [5.74, 6) is -9.57. The van der Waals surface area contributed by atoms with Gasteiger partial charge < -0.3 is 40.2 Å². The van der Waals surface area contributed by atoms with Gasteiger partial charge in [0.15, 0.2) is 0 Å². The van der Waals surface area contributed by atoms with Crippen LogP contribution < -0.4 is 25.4 Å². The van der Waals surface area contributed by atoms with E-state index >= 15 is 0 Å². The molecule has 1 unspecified atom stereocenters. The van der Waals surface area contributed by atoms with Gasteiger partial charge in [0, 0.05) is 77.5 Å². The number of aromatic nitrogens is 4. The summed E-state index contributed by atoms with van der Waals surface area (Å²) in [6.07, 6.45) is 2.04. The molecule has 2 aromatic carbocycles. The first-order valence-corrected chi connectivity index (χ1v) is 27.7. The number of hydrogen-bond donors (Lipinski definition) is 5. The molecule has 6 aromatic rings. The monoisotopic (exact) mass is 1160 g/mol. The van der Waals surface area contributed by atoms with Crippen molar-refractivity contribution in [3.8, 4) is 34.3 Å². The first-order valence-electron chi connectivity index (χ1n) is 23.7. The van der Waals surface area contributed by atoms with E-state index in [9.17, 15) is 59.9 Å². The molecule has 0 spiro atoms. The Kier molecular flexibility index (Phi) is 19.8. The molecule has 4 amide bonds. The molecule has 0 bridgehead atoms. The van der Waals surface area contributed by atoms with Gasteiger partial charge in [0.25, 0.3) is 21.9 Å². The number of alkyl halides is 2. The number of carbonyl (C=O) groups is 6. The predicted molar refractivity (Wildman–Crippen MR) is 281 cm³/mol. The van der Waals surface area contributed by atoms with Crippen LogP contribution in [0.1, 0.15) is 41.0 Å². The van der Waals surface area contributed by atoms with Crippen LogP contribution in [0.4, 0.5) is 28.0 Å². The Bertz CT molecular complexity index is 3470. The highest BCUT2D eigenvalue weighted by atomic mass is 33.1. The van der Waals surface area contributed by atoms with Crippen LogP contribution in [0.15, 0.2) is 102 Å². The van der Waals surface area contributed by atoms with E-state index in [0.717, 1.165) is 28.5 Å². The fourth-order valence-electron chi connectivity index (χ4n) is 7.68. The van der Waals surface area contributed by atoms with Crippen molar-refractivity contribution in [3.05, 3.63) is 126 Å². The Balaban J connectivity index is 0.793. The number of pyridine rings is 4. The number of fused-ring (bicyclic) bond motifs is 1. The molecule has 5 N–H and O–H groups in total. The van der Waals surface area contributed by atoms with Gasteiger partial charge in [-0.15, -0.1) is 0 Å². The number of anilines is 1. The number of likely N-dealkylation sites (tertiary alicyclic amines) is 1. The van der Waals surface area contributed by atoms with Crippen molar-refractivity contribution in [1.82, 2.24) is 40.8 Å². The summed E-state index contributed by atoms with van der Waals surface area (Å²) in [4.78, 5) is 91.7. The summed E-state index contributed by atoms with van der Waals surface area (Å²) in [7, 11) is -0.930. The van der Waals surface area contributed by atoms with Crippen molar-refractivity contribution in [1.29, 1.82) is 5.26 Å². The lowest BCUT2D eigenvalue weighted by Gasteiger charge is -2.19. The SMILES string of the molecule is COc1nc(-c2ccc3nccc(-c4ccc(COC(=O)OCCSSCC(NC(=O)CCC(=O)NCc5cc(C(=O)NCC(=O)N6CC(F)(F)C[C@H]6C#N)ccn5)C(=O)O)nc4)c3c2)ccc1NS(=O)(=O)c1ccc(F)cc1F. The van der Waals surface area contributed by atoms with E-state index in [1.807, 2.05) is 6.07 Å². The van der Waals surface area contributed by atoms with Gasteiger partial charge in [0.05, 0.1) is 55.4 Å². The number of sulfonamides is 1. The van der Waals surface area contributed by atoms with Crippen LogP contribution in [-0.4, -0.2) is 130 Å². The summed E-state index contributed by atoms with van der Waals surface area (Å²) in [5, 5.41) is 26.7. The van der Waals surface area contributed by atoms with Crippen LogP contribution in [0.3, 0.4) is 0 Å². The molecular weight excluding hydrogens is 1120 g/mol. The van der Waals surface area contributed by atoms with E-state index in [1.165, 1.54) is 48.4 Å². The minimum Gasteiger partial charge on any atom is -0.480 e. The lowest BCUT2D eigenvalue weighted by molar-refractivity contribution is -0.141. The van der Waals surface area contributed by atoms with Gasteiger partial charge in [-0.1, -0.05) is 33.7 Å². The van der Waals surface area contributed by atoms with Crippen LogP contribution in [0.25, 0.3) is 33.3 Å². The van der Waals surface area contributed by atoms with Gasteiger partial charge in [0.2, 0.25) is 23.6 Å². The minimum atomic E-state index is -4.48. The maximum atomic E-state index is 14.3. The zero-order valence-electron chi connectivity index (χ0n) is 41.8. The van der Waals surface area contributed by atoms with Gasteiger partial charge in [-0.25, -0.2) is 40.6 Å². The van der Waals surface area contributed by atoms with Gasteiger partial charge >= 0.3 is 12.1 Å². The van der Waals surface area contributed by atoms with E-state index in [2.05, 4.69) is 40.6 Å². The normalized spacial score (nSPS) is 14.1. The molecule has 1 saturated heterocycles. The molecule has 0 aliphatic carbocycles. The second-order valence-electron chi connectivity index (χ2n) is 17.2. The number of carboxylic acid groups (broad SMARTS) is 1. The van der Waals surface area contributed by atoms with Crippen LogP contribution in [0, 0.1) is 23.0 Å². The number of halogens is 4. The topological polar surface area (TPSA) is 311 Å². The fraction of sp³-hybridized carbons (Fsp3) is 0.275. The number of ether oxygens (including phenoxy) is 3. The quantitative estimate of drug-likeness (QED) is 0.0200. The standard InChI is InChI=1S/C51H46F4N10O12S3/c1-75-48-41(64-80(73,74)43-9-4-32(52)20-38(43)53)8-7-39(63-48)29-3-6-40-37(19-29)36(13-15-58-40)31-2-5-33(59-23-31)26-77-50(72)76-16-17-78-79-27-42(49(70)71)62-45(67)11-10-44(66)60-24-34-18-30(12-14-57-34)47(69)61-25-46(68)65-28-51(54,55)21-35(65)22-56/h2-9,12-15,18-20,23,35,42,64H,10-11,16-17,21,24-28H2,1H3,(H,60,66)(H,61,69)(H,62,67)(H,70,71)/t35-,42?/m0/s1. The molecule has 1 fully saturated rings. The average molecular weight is 1160 g/mol. The molecule has 418 valence electrons. The van der Waals surface area contributed by atoms with E-state index < -0.39 is 99.8 Å². The lowest BCUT2D eigenvalue weighted by Crippen LogP contribution is -2.43. The highest BCUT2D eigenvalue weighted by Gasteiger charge is 2.47. The molecule has 1 aliphatic rings. The molecular formula is C51H46F4N10O12S3. The largest absolute Gasteiger partial charge is 0.508 e. The average Bonchev–Trinajstić information content (AvgIpc) is 3.83. The number of benzene rings is 2. The van der Waals surface area contributed by atoms with Crippen molar-refractivity contribution < 1.29 is 74.1 Å². The van der Waals surface area contributed by atoms with Gasteiger partial charge in [0.1, 0.15) is 47.5 Å². The Labute approximate surface area is 460 Å². The number of aliphatic carboxylic acids is 1. The molecule has 29 heteroatoms. The summed E-state index contributed by atoms with van der Waals surface area (Å²) >= 11 is 0. The number of amides is 4. The summed E-state index contributed by atoms with van der Waals surface area (Å²) < 4.78 is 99.0. The first kappa shape index (κ1) is 59.0. The summed E-state index contributed by atoms with van der Waals surface area (Å²) in [6, 6.07) is 17.3. The Morgan fingerprint density at radius 1 is 0.887 bits per heavy atom. The third kappa shape index (κ3) is 16.0. The number of carboxylic acids is 1. The molecule has 4 aromatic heterocycles. The number of nitriles is 1. The van der Waals surface area contributed by atoms with Crippen molar-refractivity contribution in [2.45, 2.75) is 55.3 Å². The molecule has 1 aliphatic heterocycles. The van der Waals surface area contributed by atoms with E-state index in [-0.39, 0.29) is 66.9 Å². The highest BCUT2D eigenvalue weighted by molar-refractivity contribution is 8.76. The zero-order valence-corrected chi connectivity index (χ0v) is 44.3. The number of hydrogen-bond acceptors (Lipinski definition) is 18. The molecule has 0 saturated carbocycles. The number of methoxy groups -OCH3 is 1. The lowest BCUT2D eigenvalue weighted by atomic mass is 9.99. The summed E-state index contributed by atoms with van der Waals surface area (Å²) in [5.41, 5.74) is 3.68. The molecule has 0 radical (unpaired) electrons. The van der Waals surface area contributed by atoms with E-state index in [1.54, 1.807) is 48.8 Å². The molecule has 7 rings (SSSR count). The Morgan fingerprint density at radius 2 is 1.66 bits per heavy atom. The van der Waals surface area contributed by atoms with Crippen LogP contribution in [-0.2, 0) is 51.8 Å². The van der Waals surface area contributed by atoms with Crippen LogP contribution in [0.2, 0.25) is 0 Å². The molecule has 2 atom stereocenters. The van der Waals surface area contributed by atoms with Crippen LogP contribution in [0.5, 0.6) is 5.88 Å². The van der Waals surface area contributed by atoms with Crippen molar-refractivity contribution in [3.63, 3.8) is 0 Å². The van der Waals surface area contributed by atoms with Gasteiger partial charge in [-0.2, -0.15) is 5.26 Å². The number of rotatable bonds is 24.